The first-order chi connectivity index (χ1) is 10.1. The average molecular weight is 286 g/mol. The van der Waals surface area contributed by atoms with E-state index in [0.717, 1.165) is 0 Å². The van der Waals surface area contributed by atoms with Crippen LogP contribution in [0.5, 0.6) is 5.75 Å². The largest absolute Gasteiger partial charge is 0.497 e. The van der Waals surface area contributed by atoms with Gasteiger partial charge < -0.3 is 15.2 Å². The second kappa shape index (κ2) is 6.85. The minimum absolute atomic E-state index is 0.125. The number of aliphatic hydroxyl groups is 1. The monoisotopic (exact) mass is 286 g/mol. The van der Waals surface area contributed by atoms with Crippen molar-refractivity contribution in [3.8, 4) is 5.75 Å². The molecule has 1 amide bonds. The Hall–Kier alpha value is -2.40. The SMILES string of the molecule is COc1cccc(C(O)CNC(=O)c2cccnc2C)c1. The lowest BCUT2D eigenvalue weighted by atomic mass is 10.1. The van der Waals surface area contributed by atoms with Gasteiger partial charge in [-0.2, -0.15) is 0 Å². The number of aromatic nitrogens is 1. The quantitative estimate of drug-likeness (QED) is 0.880. The number of carbonyl (C=O) groups excluding carboxylic acids is 1. The first-order valence-electron chi connectivity index (χ1n) is 6.63. The molecule has 2 rings (SSSR count). The van der Waals surface area contributed by atoms with Crippen molar-refractivity contribution in [2.75, 3.05) is 13.7 Å². The van der Waals surface area contributed by atoms with Crippen LogP contribution in [0.15, 0.2) is 42.6 Å². The Balaban J connectivity index is 1.99. The van der Waals surface area contributed by atoms with Crippen LogP contribution in [0.3, 0.4) is 0 Å². The lowest BCUT2D eigenvalue weighted by Gasteiger charge is -2.13. The predicted octanol–water partition coefficient (Wildman–Crippen LogP) is 1.86. The Morgan fingerprint density at radius 2 is 2.19 bits per heavy atom. The highest BCUT2D eigenvalue weighted by Crippen LogP contribution is 2.18. The number of nitrogens with one attached hydrogen (secondary N) is 1. The summed E-state index contributed by atoms with van der Waals surface area (Å²) in [6, 6.07) is 10.5. The first-order valence-corrected chi connectivity index (χ1v) is 6.63. The van der Waals surface area contributed by atoms with E-state index in [-0.39, 0.29) is 12.5 Å². The molecule has 1 aromatic heterocycles. The number of amides is 1. The van der Waals surface area contributed by atoms with Gasteiger partial charge in [0.1, 0.15) is 5.75 Å². The average Bonchev–Trinajstić information content (AvgIpc) is 2.52. The van der Waals surface area contributed by atoms with Crippen LogP contribution in [-0.2, 0) is 0 Å². The summed E-state index contributed by atoms with van der Waals surface area (Å²) < 4.78 is 5.11. The zero-order chi connectivity index (χ0) is 15.2. The Labute approximate surface area is 123 Å². The van der Waals surface area contributed by atoms with Gasteiger partial charge in [0.25, 0.3) is 5.91 Å². The number of ether oxygens (including phenoxy) is 1. The van der Waals surface area contributed by atoms with Gasteiger partial charge in [-0.3, -0.25) is 9.78 Å². The molecule has 2 aromatic rings. The molecular weight excluding hydrogens is 268 g/mol. The summed E-state index contributed by atoms with van der Waals surface area (Å²) in [5.41, 5.74) is 1.86. The van der Waals surface area contributed by atoms with Gasteiger partial charge in [-0.15, -0.1) is 0 Å². The molecule has 1 heterocycles. The van der Waals surface area contributed by atoms with Gasteiger partial charge in [-0.05, 0) is 36.8 Å². The number of aliphatic hydroxyl groups excluding tert-OH is 1. The molecule has 21 heavy (non-hydrogen) atoms. The van der Waals surface area contributed by atoms with Crippen molar-refractivity contribution in [2.45, 2.75) is 13.0 Å². The Morgan fingerprint density at radius 3 is 2.90 bits per heavy atom. The Morgan fingerprint density at radius 1 is 1.38 bits per heavy atom. The molecule has 0 aliphatic rings. The van der Waals surface area contributed by atoms with Crippen molar-refractivity contribution < 1.29 is 14.6 Å². The highest BCUT2D eigenvalue weighted by Gasteiger charge is 2.13. The van der Waals surface area contributed by atoms with Crippen LogP contribution < -0.4 is 10.1 Å². The molecule has 0 aliphatic heterocycles. The van der Waals surface area contributed by atoms with Crippen molar-refractivity contribution >= 4 is 5.91 Å². The van der Waals surface area contributed by atoms with Gasteiger partial charge in [0.2, 0.25) is 0 Å². The second-order valence-corrected chi connectivity index (χ2v) is 4.64. The molecule has 1 aromatic carbocycles. The van der Waals surface area contributed by atoms with Crippen LogP contribution in [0.2, 0.25) is 0 Å². The van der Waals surface area contributed by atoms with Crippen LogP contribution in [0, 0.1) is 6.92 Å². The smallest absolute Gasteiger partial charge is 0.253 e. The van der Waals surface area contributed by atoms with Crippen LogP contribution in [0.4, 0.5) is 0 Å². The van der Waals surface area contributed by atoms with Crippen molar-refractivity contribution in [3.05, 3.63) is 59.4 Å². The third-order valence-corrected chi connectivity index (χ3v) is 3.19. The van der Waals surface area contributed by atoms with Gasteiger partial charge in [-0.25, -0.2) is 0 Å². The second-order valence-electron chi connectivity index (χ2n) is 4.64. The summed E-state index contributed by atoms with van der Waals surface area (Å²) in [6.45, 7) is 1.90. The van der Waals surface area contributed by atoms with Crippen molar-refractivity contribution in [2.24, 2.45) is 0 Å². The van der Waals surface area contributed by atoms with E-state index >= 15 is 0 Å². The molecule has 110 valence electrons. The lowest BCUT2D eigenvalue weighted by Crippen LogP contribution is -2.29. The number of hydrogen-bond donors (Lipinski definition) is 2. The summed E-state index contributed by atoms with van der Waals surface area (Å²) in [7, 11) is 1.57. The topological polar surface area (TPSA) is 71.5 Å². The van der Waals surface area contributed by atoms with E-state index in [1.807, 2.05) is 0 Å². The molecule has 0 aliphatic carbocycles. The van der Waals surface area contributed by atoms with Crippen molar-refractivity contribution in [1.29, 1.82) is 0 Å². The number of aryl methyl sites for hydroxylation is 1. The van der Waals surface area contributed by atoms with E-state index in [0.29, 0.717) is 22.6 Å². The van der Waals surface area contributed by atoms with Gasteiger partial charge in [0.05, 0.1) is 18.8 Å². The molecule has 0 radical (unpaired) electrons. The number of pyridine rings is 1. The summed E-state index contributed by atoms with van der Waals surface area (Å²) in [6.07, 6.45) is 0.845. The summed E-state index contributed by atoms with van der Waals surface area (Å²) in [5, 5.41) is 12.8. The van der Waals surface area contributed by atoms with Crippen LogP contribution in [-0.4, -0.2) is 29.7 Å². The minimum atomic E-state index is -0.791. The van der Waals surface area contributed by atoms with Gasteiger partial charge in [-0.1, -0.05) is 12.1 Å². The highest BCUT2D eigenvalue weighted by atomic mass is 16.5. The van der Waals surface area contributed by atoms with Crippen molar-refractivity contribution in [3.63, 3.8) is 0 Å². The van der Waals surface area contributed by atoms with Crippen LogP contribution in [0.25, 0.3) is 0 Å². The van der Waals surface area contributed by atoms with Crippen molar-refractivity contribution in [1.82, 2.24) is 10.3 Å². The highest BCUT2D eigenvalue weighted by molar-refractivity contribution is 5.95. The van der Waals surface area contributed by atoms with Gasteiger partial charge in [0.15, 0.2) is 0 Å². The van der Waals surface area contributed by atoms with Crippen LogP contribution >= 0.6 is 0 Å². The maximum absolute atomic E-state index is 12.0. The standard InChI is InChI=1S/C16H18N2O3/c1-11-14(7-4-8-17-11)16(20)18-10-15(19)12-5-3-6-13(9-12)21-2/h3-9,15,19H,10H2,1-2H3,(H,18,20). The number of hydrogen-bond acceptors (Lipinski definition) is 4. The molecule has 0 saturated heterocycles. The fourth-order valence-electron chi connectivity index (χ4n) is 1.98. The number of benzene rings is 1. The lowest BCUT2D eigenvalue weighted by molar-refractivity contribution is 0.0915. The zero-order valence-corrected chi connectivity index (χ0v) is 12.0. The molecule has 5 nitrogen and oxygen atoms in total. The molecule has 2 N–H and O–H groups in total. The van der Waals surface area contributed by atoms with E-state index in [9.17, 15) is 9.90 Å². The third-order valence-electron chi connectivity index (χ3n) is 3.19. The summed E-state index contributed by atoms with van der Waals surface area (Å²) >= 11 is 0. The van der Waals surface area contributed by atoms with E-state index in [1.54, 1.807) is 56.6 Å². The van der Waals surface area contributed by atoms with Gasteiger partial charge >= 0.3 is 0 Å². The first kappa shape index (κ1) is 15.0. The van der Waals surface area contributed by atoms with E-state index in [4.69, 9.17) is 4.74 Å². The Bertz CT molecular complexity index is 628. The fourth-order valence-corrected chi connectivity index (χ4v) is 1.98. The normalized spacial score (nSPS) is 11.8. The number of nitrogens with zero attached hydrogens (tertiary/aromatic N) is 1. The zero-order valence-electron chi connectivity index (χ0n) is 12.0. The van der Waals surface area contributed by atoms with E-state index in [2.05, 4.69) is 10.3 Å². The molecule has 0 spiro atoms. The number of methoxy groups -OCH3 is 1. The molecular formula is C16H18N2O3. The fraction of sp³-hybridized carbons (Fsp3) is 0.250. The molecule has 5 heteroatoms. The summed E-state index contributed by atoms with van der Waals surface area (Å²) in [5.74, 6) is 0.420. The molecule has 0 fully saturated rings. The molecule has 1 atom stereocenters. The third kappa shape index (κ3) is 3.79. The van der Waals surface area contributed by atoms with E-state index < -0.39 is 6.10 Å². The number of rotatable bonds is 5. The molecule has 0 bridgehead atoms. The van der Waals surface area contributed by atoms with Crippen LogP contribution in [0.1, 0.15) is 27.7 Å². The Kier molecular flexibility index (Phi) is 4.90. The summed E-state index contributed by atoms with van der Waals surface area (Å²) in [4.78, 5) is 16.1. The maximum atomic E-state index is 12.0. The maximum Gasteiger partial charge on any atom is 0.253 e. The minimum Gasteiger partial charge on any atom is -0.497 e. The van der Waals surface area contributed by atoms with Gasteiger partial charge in [0, 0.05) is 18.4 Å². The molecule has 1 unspecified atom stereocenters. The molecule has 0 saturated carbocycles. The number of carbonyl (C=O) groups is 1. The predicted molar refractivity (Wildman–Crippen MR) is 79.3 cm³/mol. The van der Waals surface area contributed by atoms with E-state index in [1.165, 1.54) is 0 Å².